The van der Waals surface area contributed by atoms with E-state index in [1.165, 1.54) is 0 Å². The number of benzene rings is 4. The lowest BCUT2D eigenvalue weighted by Gasteiger charge is -2.29. The molecule has 0 aliphatic carbocycles. The van der Waals surface area contributed by atoms with E-state index in [1.54, 1.807) is 48.5 Å². The first kappa shape index (κ1) is 30.8. The quantitative estimate of drug-likeness (QED) is 0.199. The molecule has 0 heterocycles. The van der Waals surface area contributed by atoms with E-state index >= 15 is 0 Å². The van der Waals surface area contributed by atoms with Crippen molar-refractivity contribution in [1.82, 2.24) is 10.6 Å². The molecule has 0 aliphatic heterocycles. The summed E-state index contributed by atoms with van der Waals surface area (Å²) in [6.45, 7) is 0.638. The van der Waals surface area contributed by atoms with Crippen LogP contribution in [0.4, 0.5) is 0 Å². The summed E-state index contributed by atoms with van der Waals surface area (Å²) in [6.07, 6.45) is 0. The second-order valence-electron chi connectivity index (χ2n) is 9.53. The van der Waals surface area contributed by atoms with Gasteiger partial charge in [0.15, 0.2) is 0 Å². The van der Waals surface area contributed by atoms with Crippen molar-refractivity contribution in [1.29, 1.82) is 0 Å². The van der Waals surface area contributed by atoms with Crippen molar-refractivity contribution in [3.8, 4) is 0 Å². The zero-order valence-electron chi connectivity index (χ0n) is 23.0. The topological polar surface area (TPSA) is 92.3 Å². The predicted molar refractivity (Wildman–Crippen MR) is 171 cm³/mol. The number of hydrogen-bond acceptors (Lipinski definition) is 6. The Morgan fingerprint density at radius 3 is 1.12 bits per heavy atom. The minimum absolute atomic E-state index is 0.00857. The third-order valence-electron chi connectivity index (χ3n) is 6.67. The molecule has 2 unspecified atom stereocenters. The van der Waals surface area contributed by atoms with Gasteiger partial charge < -0.3 is 10.6 Å². The van der Waals surface area contributed by atoms with Crippen LogP contribution in [-0.2, 0) is 9.59 Å². The Balaban J connectivity index is 1.42. The highest BCUT2D eigenvalue weighted by molar-refractivity contribution is 8.14. The molecule has 0 aliphatic rings. The van der Waals surface area contributed by atoms with Crippen LogP contribution in [0.3, 0.4) is 0 Å². The van der Waals surface area contributed by atoms with Gasteiger partial charge >= 0.3 is 0 Å². The van der Waals surface area contributed by atoms with Gasteiger partial charge in [0.05, 0.1) is 11.5 Å². The van der Waals surface area contributed by atoms with Crippen LogP contribution < -0.4 is 10.6 Å². The molecule has 0 aromatic heterocycles. The fraction of sp³-hybridized carbons (Fsp3) is 0.176. The van der Waals surface area contributed by atoms with E-state index < -0.39 is 0 Å². The average molecular weight is 597 g/mol. The highest BCUT2D eigenvalue weighted by Crippen LogP contribution is 2.32. The number of carbonyl (C=O) groups is 4. The van der Waals surface area contributed by atoms with Gasteiger partial charge in [-0.15, -0.1) is 0 Å². The van der Waals surface area contributed by atoms with Gasteiger partial charge in [-0.05, 0) is 11.1 Å². The predicted octanol–water partition coefficient (Wildman–Crippen LogP) is 5.93. The van der Waals surface area contributed by atoms with Crippen LogP contribution in [0.5, 0.6) is 0 Å². The molecule has 0 radical (unpaired) electrons. The zero-order chi connectivity index (χ0) is 29.6. The molecule has 8 heteroatoms. The highest BCUT2D eigenvalue weighted by atomic mass is 32.2. The first-order chi connectivity index (χ1) is 20.5. The fourth-order valence-electron chi connectivity index (χ4n) is 4.51. The van der Waals surface area contributed by atoms with Crippen LogP contribution >= 0.6 is 23.5 Å². The van der Waals surface area contributed by atoms with Gasteiger partial charge in [0.2, 0.25) is 22.0 Å². The Morgan fingerprint density at radius 1 is 0.476 bits per heavy atom. The summed E-state index contributed by atoms with van der Waals surface area (Å²) < 4.78 is 0. The molecule has 2 atom stereocenters. The Kier molecular flexibility index (Phi) is 12.0. The van der Waals surface area contributed by atoms with Crippen molar-refractivity contribution >= 4 is 45.6 Å². The highest BCUT2D eigenvalue weighted by Gasteiger charge is 2.26. The van der Waals surface area contributed by atoms with Gasteiger partial charge in [-0.2, -0.15) is 0 Å². The van der Waals surface area contributed by atoms with Gasteiger partial charge in [0, 0.05) is 36.1 Å². The summed E-state index contributed by atoms with van der Waals surface area (Å²) in [7, 11) is 0. The molecular formula is C34H32N2O4S2. The number of amides is 2. The van der Waals surface area contributed by atoms with Crippen molar-refractivity contribution in [2.24, 2.45) is 0 Å². The van der Waals surface area contributed by atoms with E-state index in [2.05, 4.69) is 10.6 Å². The Morgan fingerprint density at radius 2 is 0.786 bits per heavy atom. The van der Waals surface area contributed by atoms with Crippen LogP contribution in [0.1, 0.15) is 43.7 Å². The van der Waals surface area contributed by atoms with Crippen LogP contribution in [0.15, 0.2) is 121 Å². The number of nitrogens with one attached hydrogen (secondary N) is 2. The van der Waals surface area contributed by atoms with Crippen LogP contribution in [0.25, 0.3) is 0 Å². The summed E-state index contributed by atoms with van der Waals surface area (Å²) in [5.74, 6) is -0.783. The fourth-order valence-corrected chi connectivity index (χ4v) is 5.85. The summed E-state index contributed by atoms with van der Waals surface area (Å²) in [5.41, 5.74) is 3.15. The molecule has 0 saturated carbocycles. The molecule has 4 aromatic rings. The second kappa shape index (κ2) is 16.3. The summed E-state index contributed by atoms with van der Waals surface area (Å²) in [5, 5.41) is 5.71. The normalized spacial score (nSPS) is 12.1. The van der Waals surface area contributed by atoms with Crippen molar-refractivity contribution < 1.29 is 19.2 Å². The standard InChI is InChI=1S/C34H32N2O4S2/c37-31(23-41-33(39)27-17-9-3-10-18-27)35-21-29(25-13-5-1-6-14-25)30(26-15-7-2-8-16-26)22-36-32(38)24-42-34(40)28-19-11-4-12-20-28/h1-20,29-30H,21-24H2,(H,35,37)(H,36,38). The molecule has 42 heavy (non-hydrogen) atoms. The molecule has 2 N–H and O–H groups in total. The summed E-state index contributed by atoms with van der Waals surface area (Å²) >= 11 is 1.94. The molecule has 6 nitrogen and oxygen atoms in total. The number of rotatable bonds is 13. The monoisotopic (exact) mass is 596 g/mol. The Labute approximate surface area is 254 Å². The third-order valence-corrected chi connectivity index (χ3v) is 8.48. The van der Waals surface area contributed by atoms with E-state index in [0.717, 1.165) is 34.7 Å². The SMILES string of the molecule is O=C(CSC(=O)c1ccccc1)NCC(c1ccccc1)C(CNC(=O)CSC(=O)c1ccccc1)c1ccccc1. The third kappa shape index (κ3) is 9.46. The maximum Gasteiger partial charge on any atom is 0.230 e. The lowest BCUT2D eigenvalue weighted by molar-refractivity contribution is -0.119. The Hall–Kier alpha value is -4.14. The molecule has 0 fully saturated rings. The lowest BCUT2D eigenvalue weighted by atomic mass is 9.81. The number of carbonyl (C=O) groups excluding carboxylic acids is 4. The molecular weight excluding hydrogens is 565 g/mol. The van der Waals surface area contributed by atoms with Gasteiger partial charge in [0.25, 0.3) is 0 Å². The number of thioether (sulfide) groups is 2. The largest absolute Gasteiger partial charge is 0.355 e. The summed E-state index contributed by atoms with van der Waals surface area (Å²) in [6, 6.07) is 37.5. The zero-order valence-corrected chi connectivity index (χ0v) is 24.6. The smallest absolute Gasteiger partial charge is 0.230 e. The van der Waals surface area contributed by atoms with Gasteiger partial charge in [-0.1, -0.05) is 145 Å². The Bertz CT molecular complexity index is 1340. The molecule has 2 amide bonds. The van der Waals surface area contributed by atoms with Crippen LogP contribution in [0, 0.1) is 0 Å². The van der Waals surface area contributed by atoms with Gasteiger partial charge in [0.1, 0.15) is 0 Å². The molecule has 214 valence electrons. The average Bonchev–Trinajstić information content (AvgIpc) is 3.05. The molecule has 0 bridgehead atoms. The van der Waals surface area contributed by atoms with E-state index in [1.807, 2.05) is 72.8 Å². The minimum Gasteiger partial charge on any atom is -0.355 e. The molecule has 0 spiro atoms. The maximum atomic E-state index is 12.8. The molecule has 0 saturated heterocycles. The van der Waals surface area contributed by atoms with Crippen molar-refractivity contribution in [2.75, 3.05) is 24.6 Å². The van der Waals surface area contributed by atoms with E-state index in [9.17, 15) is 19.2 Å². The minimum atomic E-state index is -0.239. The lowest BCUT2D eigenvalue weighted by Crippen LogP contribution is -2.37. The van der Waals surface area contributed by atoms with Gasteiger partial charge in [-0.3, -0.25) is 19.2 Å². The molecule has 4 rings (SSSR count). The first-order valence-corrected chi connectivity index (χ1v) is 15.6. The second-order valence-corrected chi connectivity index (χ2v) is 11.4. The number of hydrogen-bond donors (Lipinski definition) is 2. The van der Waals surface area contributed by atoms with Crippen LogP contribution in [-0.4, -0.2) is 46.6 Å². The summed E-state index contributed by atoms with van der Waals surface area (Å²) in [4.78, 5) is 50.5. The van der Waals surface area contributed by atoms with E-state index in [0.29, 0.717) is 24.2 Å². The van der Waals surface area contributed by atoms with Crippen molar-refractivity contribution in [2.45, 2.75) is 11.8 Å². The first-order valence-electron chi connectivity index (χ1n) is 13.6. The van der Waals surface area contributed by atoms with E-state index in [4.69, 9.17) is 0 Å². The van der Waals surface area contributed by atoms with Crippen molar-refractivity contribution in [3.05, 3.63) is 144 Å². The van der Waals surface area contributed by atoms with Gasteiger partial charge in [-0.25, -0.2) is 0 Å². The van der Waals surface area contributed by atoms with Crippen LogP contribution in [0.2, 0.25) is 0 Å². The van der Waals surface area contributed by atoms with E-state index in [-0.39, 0.29) is 45.4 Å². The maximum absolute atomic E-state index is 12.8. The van der Waals surface area contributed by atoms with Crippen molar-refractivity contribution in [3.63, 3.8) is 0 Å². The molecule has 4 aromatic carbocycles.